The van der Waals surface area contributed by atoms with Gasteiger partial charge in [-0.2, -0.15) is 5.10 Å². The molecule has 0 aliphatic rings. The summed E-state index contributed by atoms with van der Waals surface area (Å²) in [6, 6.07) is 7.33. The number of nitrogens with one attached hydrogen (secondary N) is 3. The second kappa shape index (κ2) is 7.75. The number of anilines is 2. The van der Waals surface area contributed by atoms with Crippen LogP contribution in [-0.4, -0.2) is 38.9 Å². The van der Waals surface area contributed by atoms with E-state index in [1.807, 2.05) is 43.5 Å². The van der Waals surface area contributed by atoms with Crippen molar-refractivity contribution in [2.24, 2.45) is 0 Å². The summed E-state index contributed by atoms with van der Waals surface area (Å²) in [7, 11) is 0. The Morgan fingerprint density at radius 1 is 1.24 bits per heavy atom. The minimum absolute atomic E-state index is 0.227. The zero-order chi connectivity index (χ0) is 17.6. The lowest BCUT2D eigenvalue weighted by Gasteiger charge is -2.09. The van der Waals surface area contributed by atoms with Gasteiger partial charge in [0.25, 0.3) is 0 Å². The van der Waals surface area contributed by atoms with Crippen molar-refractivity contribution in [2.75, 3.05) is 23.7 Å². The number of carbonyl (C=O) groups excluding carboxylic acids is 1. The zero-order valence-corrected chi connectivity index (χ0v) is 14.8. The Labute approximate surface area is 149 Å². The smallest absolute Gasteiger partial charge is 0.319 e. The minimum Gasteiger partial charge on any atom is -0.368 e. The van der Waals surface area contributed by atoms with Crippen molar-refractivity contribution in [2.45, 2.75) is 13.8 Å². The first-order valence-electron chi connectivity index (χ1n) is 7.80. The number of amides is 2. The van der Waals surface area contributed by atoms with Gasteiger partial charge in [-0.25, -0.2) is 19.4 Å². The fourth-order valence-electron chi connectivity index (χ4n) is 2.29. The van der Waals surface area contributed by atoms with Crippen LogP contribution in [0, 0.1) is 13.8 Å². The Morgan fingerprint density at radius 2 is 2.12 bits per heavy atom. The molecular formula is C16H19N7OS. The monoisotopic (exact) mass is 357 g/mol. The Hall–Kier alpha value is -2.94. The first-order valence-corrected chi connectivity index (χ1v) is 8.68. The fraction of sp³-hybridized carbons (Fsp3) is 0.250. The van der Waals surface area contributed by atoms with Crippen LogP contribution in [0.5, 0.6) is 0 Å². The molecule has 0 bridgehead atoms. The summed E-state index contributed by atoms with van der Waals surface area (Å²) in [6.45, 7) is 4.93. The lowest BCUT2D eigenvalue weighted by Crippen LogP contribution is -2.32. The lowest BCUT2D eigenvalue weighted by molar-refractivity contribution is 0.252. The van der Waals surface area contributed by atoms with E-state index in [0.29, 0.717) is 24.7 Å². The first-order chi connectivity index (χ1) is 12.1. The van der Waals surface area contributed by atoms with E-state index < -0.39 is 0 Å². The van der Waals surface area contributed by atoms with Gasteiger partial charge in [0.1, 0.15) is 12.1 Å². The molecule has 8 nitrogen and oxygen atoms in total. The summed E-state index contributed by atoms with van der Waals surface area (Å²) >= 11 is 1.48. The normalized spacial score (nSPS) is 10.5. The Morgan fingerprint density at radius 3 is 2.84 bits per heavy atom. The highest BCUT2D eigenvalue weighted by atomic mass is 32.1. The summed E-state index contributed by atoms with van der Waals surface area (Å²) in [5, 5.41) is 15.8. The van der Waals surface area contributed by atoms with E-state index in [-0.39, 0.29) is 6.03 Å². The molecule has 9 heteroatoms. The summed E-state index contributed by atoms with van der Waals surface area (Å²) in [4.78, 5) is 20.2. The molecule has 0 saturated heterocycles. The molecule has 0 aliphatic heterocycles. The van der Waals surface area contributed by atoms with Gasteiger partial charge < -0.3 is 10.6 Å². The molecule has 0 spiro atoms. The van der Waals surface area contributed by atoms with E-state index in [1.165, 1.54) is 17.7 Å². The van der Waals surface area contributed by atoms with Crippen molar-refractivity contribution in [3.8, 4) is 5.82 Å². The van der Waals surface area contributed by atoms with Gasteiger partial charge in [-0.15, -0.1) is 11.3 Å². The topological polar surface area (TPSA) is 96.8 Å². The first kappa shape index (κ1) is 16.9. The van der Waals surface area contributed by atoms with E-state index in [4.69, 9.17) is 0 Å². The SMILES string of the molecule is Cc1cc(C)n(-c2cc(NCCNC(=O)Nc3cccs3)ncn2)n1. The average Bonchev–Trinajstić information content (AvgIpc) is 3.21. The van der Waals surface area contributed by atoms with Crippen molar-refractivity contribution in [1.29, 1.82) is 0 Å². The number of nitrogens with zero attached hydrogens (tertiary/aromatic N) is 4. The maximum Gasteiger partial charge on any atom is 0.319 e. The molecule has 0 fully saturated rings. The molecule has 0 radical (unpaired) electrons. The molecule has 0 atom stereocenters. The minimum atomic E-state index is -0.227. The van der Waals surface area contributed by atoms with Gasteiger partial charge in [-0.3, -0.25) is 5.32 Å². The van der Waals surface area contributed by atoms with Gasteiger partial charge in [0, 0.05) is 24.8 Å². The predicted molar refractivity (Wildman–Crippen MR) is 98.5 cm³/mol. The molecule has 3 aromatic heterocycles. The third kappa shape index (κ3) is 4.54. The second-order valence-electron chi connectivity index (χ2n) is 5.39. The highest BCUT2D eigenvalue weighted by Gasteiger charge is 2.06. The molecule has 0 aliphatic carbocycles. The van der Waals surface area contributed by atoms with E-state index in [0.717, 1.165) is 16.4 Å². The molecule has 0 saturated carbocycles. The van der Waals surface area contributed by atoms with E-state index >= 15 is 0 Å². The molecule has 3 N–H and O–H groups in total. The summed E-state index contributed by atoms with van der Waals surface area (Å²) in [5.74, 6) is 1.38. The van der Waals surface area contributed by atoms with Gasteiger partial charge >= 0.3 is 6.03 Å². The molecule has 3 rings (SSSR count). The number of urea groups is 1. The van der Waals surface area contributed by atoms with Crippen LogP contribution in [0.3, 0.4) is 0 Å². The van der Waals surface area contributed by atoms with Crippen molar-refractivity contribution in [3.63, 3.8) is 0 Å². The third-order valence-electron chi connectivity index (χ3n) is 3.35. The number of hydrogen-bond donors (Lipinski definition) is 3. The van der Waals surface area contributed by atoms with Crippen LogP contribution in [0.1, 0.15) is 11.4 Å². The van der Waals surface area contributed by atoms with Crippen molar-refractivity contribution >= 4 is 28.2 Å². The molecule has 3 heterocycles. The Bertz CT molecular complexity index is 844. The lowest BCUT2D eigenvalue weighted by atomic mass is 10.4. The van der Waals surface area contributed by atoms with Gasteiger partial charge in [0.2, 0.25) is 0 Å². The highest BCUT2D eigenvalue weighted by Crippen LogP contribution is 2.14. The number of rotatable bonds is 6. The molecule has 3 aromatic rings. The maximum absolute atomic E-state index is 11.7. The number of thiophene rings is 1. The largest absolute Gasteiger partial charge is 0.368 e. The molecular weight excluding hydrogens is 338 g/mol. The number of aryl methyl sites for hydroxylation is 2. The van der Waals surface area contributed by atoms with Crippen LogP contribution in [0.2, 0.25) is 0 Å². The molecule has 25 heavy (non-hydrogen) atoms. The van der Waals surface area contributed by atoms with Crippen LogP contribution in [-0.2, 0) is 0 Å². The van der Waals surface area contributed by atoms with Crippen molar-refractivity contribution < 1.29 is 4.79 Å². The van der Waals surface area contributed by atoms with Gasteiger partial charge in [-0.1, -0.05) is 0 Å². The Balaban J connectivity index is 1.49. The zero-order valence-electron chi connectivity index (χ0n) is 14.0. The number of carbonyl (C=O) groups is 1. The van der Waals surface area contributed by atoms with E-state index in [2.05, 4.69) is 31.0 Å². The molecule has 130 valence electrons. The van der Waals surface area contributed by atoms with Gasteiger partial charge in [0.05, 0.1) is 10.7 Å². The maximum atomic E-state index is 11.7. The number of hydrogen-bond acceptors (Lipinski definition) is 6. The quantitative estimate of drug-likeness (QED) is 0.589. The van der Waals surface area contributed by atoms with Crippen LogP contribution >= 0.6 is 11.3 Å². The molecule has 0 unspecified atom stereocenters. The fourth-order valence-corrected chi connectivity index (χ4v) is 2.91. The van der Waals surface area contributed by atoms with Crippen LogP contribution in [0.4, 0.5) is 15.6 Å². The van der Waals surface area contributed by atoms with Crippen molar-refractivity contribution in [1.82, 2.24) is 25.1 Å². The molecule has 2 amide bonds. The van der Waals surface area contributed by atoms with Gasteiger partial charge in [-0.05, 0) is 37.4 Å². The molecule has 0 aromatic carbocycles. The number of aromatic nitrogens is 4. The van der Waals surface area contributed by atoms with Crippen molar-refractivity contribution in [3.05, 3.63) is 47.4 Å². The Kier molecular flexibility index (Phi) is 5.24. The third-order valence-corrected chi connectivity index (χ3v) is 4.14. The average molecular weight is 357 g/mol. The summed E-state index contributed by atoms with van der Waals surface area (Å²) in [6.07, 6.45) is 1.49. The summed E-state index contributed by atoms with van der Waals surface area (Å²) in [5.41, 5.74) is 1.95. The van der Waals surface area contributed by atoms with Gasteiger partial charge in [0.15, 0.2) is 5.82 Å². The van der Waals surface area contributed by atoms with Crippen LogP contribution in [0.25, 0.3) is 5.82 Å². The van der Waals surface area contributed by atoms with Crippen LogP contribution < -0.4 is 16.0 Å². The second-order valence-corrected chi connectivity index (χ2v) is 6.33. The summed E-state index contributed by atoms with van der Waals surface area (Å²) < 4.78 is 1.77. The van der Waals surface area contributed by atoms with E-state index in [9.17, 15) is 4.79 Å². The standard InChI is InChI=1S/C16H19N7OS/c1-11-8-12(2)23(22-11)14-9-13(19-10-20-14)17-5-6-18-16(24)21-15-4-3-7-25-15/h3-4,7-10H,5-6H2,1-2H3,(H,17,19,20)(H2,18,21,24). The van der Waals surface area contributed by atoms with E-state index in [1.54, 1.807) is 4.68 Å². The predicted octanol–water partition coefficient (Wildman–Crippen LogP) is 2.57. The van der Waals surface area contributed by atoms with Crippen LogP contribution in [0.15, 0.2) is 36.0 Å². The highest BCUT2D eigenvalue weighted by molar-refractivity contribution is 7.14.